The highest BCUT2D eigenvalue weighted by molar-refractivity contribution is 5.90. The molecule has 1 fully saturated rings. The van der Waals surface area contributed by atoms with E-state index >= 15 is 0 Å². The fourth-order valence-electron chi connectivity index (χ4n) is 5.07. The largest absolute Gasteiger partial charge is 0.493 e. The Hall–Kier alpha value is -3.74. The van der Waals surface area contributed by atoms with Crippen molar-refractivity contribution in [1.29, 1.82) is 5.26 Å². The van der Waals surface area contributed by atoms with E-state index in [9.17, 15) is 10.1 Å². The van der Waals surface area contributed by atoms with Crippen molar-refractivity contribution in [3.63, 3.8) is 0 Å². The normalized spacial score (nSPS) is 15.5. The minimum atomic E-state index is -0.730. The van der Waals surface area contributed by atoms with E-state index in [2.05, 4.69) is 6.07 Å². The molecule has 2 aromatic carbocycles. The third-order valence-electron chi connectivity index (χ3n) is 8.06. The van der Waals surface area contributed by atoms with Gasteiger partial charge in [0, 0.05) is 0 Å². The summed E-state index contributed by atoms with van der Waals surface area (Å²) >= 11 is 0. The van der Waals surface area contributed by atoms with Crippen molar-refractivity contribution >= 4 is 17.6 Å². The second-order valence-corrected chi connectivity index (χ2v) is 12.4. The van der Waals surface area contributed by atoms with Crippen LogP contribution < -0.4 is 18.9 Å². The van der Waals surface area contributed by atoms with Gasteiger partial charge in [-0.15, -0.1) is 0 Å². The molecular weight excluding hydrogens is 586 g/mol. The zero-order valence-corrected chi connectivity index (χ0v) is 28.4. The van der Waals surface area contributed by atoms with Crippen molar-refractivity contribution in [2.24, 2.45) is 5.41 Å². The van der Waals surface area contributed by atoms with E-state index in [4.69, 9.17) is 33.2 Å². The molecule has 1 heterocycles. The summed E-state index contributed by atoms with van der Waals surface area (Å²) in [6.07, 6.45) is 11.8. The van der Waals surface area contributed by atoms with Crippen molar-refractivity contribution in [3.05, 3.63) is 47.5 Å². The number of hydrogen-bond acceptors (Lipinski definition) is 9. The average Bonchev–Trinajstić information content (AvgIpc) is 3.07. The monoisotopic (exact) mass is 637 g/mol. The zero-order valence-electron chi connectivity index (χ0n) is 28.4. The second kappa shape index (κ2) is 18.4. The molecule has 1 saturated heterocycles. The van der Waals surface area contributed by atoms with Crippen LogP contribution in [0.15, 0.2) is 36.4 Å². The van der Waals surface area contributed by atoms with Gasteiger partial charge >= 0.3 is 5.97 Å². The van der Waals surface area contributed by atoms with Crippen molar-refractivity contribution in [2.45, 2.75) is 84.3 Å². The van der Waals surface area contributed by atoms with Crippen LogP contribution in [0, 0.1) is 16.7 Å². The molecule has 0 amide bonds. The van der Waals surface area contributed by atoms with Gasteiger partial charge in [0.25, 0.3) is 0 Å². The molecule has 2 aromatic rings. The third-order valence-corrected chi connectivity index (χ3v) is 8.06. The lowest BCUT2D eigenvalue weighted by Gasteiger charge is -2.39. The van der Waals surface area contributed by atoms with Crippen LogP contribution in [0.25, 0.3) is 11.6 Å². The van der Waals surface area contributed by atoms with Gasteiger partial charge in [-0.3, -0.25) is 4.79 Å². The maximum absolute atomic E-state index is 12.4. The van der Waals surface area contributed by atoms with Gasteiger partial charge in [-0.1, -0.05) is 51.0 Å². The molecule has 1 aliphatic heterocycles. The molecule has 3 rings (SSSR count). The number of hydrogen-bond donors (Lipinski definition) is 0. The Morgan fingerprint density at radius 2 is 1.30 bits per heavy atom. The second-order valence-electron chi connectivity index (χ2n) is 12.4. The van der Waals surface area contributed by atoms with E-state index in [1.165, 1.54) is 25.7 Å². The summed E-state index contributed by atoms with van der Waals surface area (Å²) in [5.74, 6) is 1.61. The fourth-order valence-corrected chi connectivity index (χ4v) is 5.07. The van der Waals surface area contributed by atoms with Crippen molar-refractivity contribution in [3.8, 4) is 29.1 Å². The summed E-state index contributed by atoms with van der Waals surface area (Å²) < 4.78 is 39.0. The maximum Gasteiger partial charge on any atom is 0.316 e. The van der Waals surface area contributed by atoms with Crippen LogP contribution in [-0.2, 0) is 19.0 Å². The van der Waals surface area contributed by atoms with Gasteiger partial charge in [-0.25, -0.2) is 0 Å². The Kier molecular flexibility index (Phi) is 14.7. The number of methoxy groups -OCH3 is 3. The lowest BCUT2D eigenvalue weighted by Crippen LogP contribution is -2.49. The number of carbonyl (C=O) groups excluding carboxylic acids is 1. The van der Waals surface area contributed by atoms with Crippen LogP contribution in [0.1, 0.15) is 89.7 Å². The van der Waals surface area contributed by atoms with Crippen LogP contribution in [0.4, 0.5) is 0 Å². The number of unbranched alkanes of at least 4 members (excludes halogenated alkanes) is 8. The predicted molar refractivity (Wildman–Crippen MR) is 178 cm³/mol. The molecule has 9 heteroatoms. The molecule has 0 aliphatic carbocycles. The SMILES string of the molecule is COc1ccc(/C(C#N)=C/c2ccc(OCCCCCCCCCCCOC(=O)C3(C)COC(C)(C)OC3)c(OC)c2)cc1OC. The molecule has 9 nitrogen and oxygen atoms in total. The van der Waals surface area contributed by atoms with Gasteiger partial charge < -0.3 is 33.2 Å². The number of allylic oxidation sites excluding steroid dienone is 1. The number of carbonyl (C=O) groups is 1. The van der Waals surface area contributed by atoms with Crippen LogP contribution in [0.2, 0.25) is 0 Å². The topological polar surface area (TPSA) is 105 Å². The van der Waals surface area contributed by atoms with Crippen molar-refractivity contribution in [1.82, 2.24) is 0 Å². The first-order valence-electron chi connectivity index (χ1n) is 16.2. The van der Waals surface area contributed by atoms with E-state index in [0.717, 1.165) is 43.2 Å². The van der Waals surface area contributed by atoms with Crippen molar-refractivity contribution < 1.29 is 38.0 Å². The molecule has 46 heavy (non-hydrogen) atoms. The number of benzene rings is 2. The highest BCUT2D eigenvalue weighted by Crippen LogP contribution is 2.33. The Balaban J connectivity index is 1.28. The summed E-state index contributed by atoms with van der Waals surface area (Å²) in [5, 5.41) is 9.80. The first-order chi connectivity index (χ1) is 22.1. The van der Waals surface area contributed by atoms with Crippen LogP contribution >= 0.6 is 0 Å². The van der Waals surface area contributed by atoms with Gasteiger partial charge in [0.05, 0.1) is 59.4 Å². The van der Waals surface area contributed by atoms with E-state index < -0.39 is 11.2 Å². The first-order valence-corrected chi connectivity index (χ1v) is 16.2. The highest BCUT2D eigenvalue weighted by atomic mass is 16.7. The van der Waals surface area contributed by atoms with Gasteiger partial charge in [-0.05, 0) is 81.1 Å². The highest BCUT2D eigenvalue weighted by Gasteiger charge is 2.43. The average molecular weight is 638 g/mol. The van der Waals surface area contributed by atoms with Crippen LogP contribution in [0.3, 0.4) is 0 Å². The Labute approximate surface area is 274 Å². The first kappa shape index (κ1) is 36.7. The summed E-state index contributed by atoms with van der Waals surface area (Å²) in [6.45, 7) is 7.24. The Morgan fingerprint density at radius 3 is 1.89 bits per heavy atom. The third kappa shape index (κ3) is 11.3. The molecule has 0 bridgehead atoms. The number of esters is 1. The standard InChI is InChI=1S/C37H51NO8/c1-36(2)45-26-37(3,27-46-36)35(39)44-21-15-13-11-9-7-8-10-12-14-20-43-32-18-16-28(23-33(32)41-5)22-30(25-38)29-17-19-31(40-4)34(24-29)42-6/h16-19,22-24H,7-15,20-21,26-27H2,1-6H3/b30-22+. The van der Waals surface area contributed by atoms with E-state index in [1.54, 1.807) is 33.5 Å². The minimum Gasteiger partial charge on any atom is -0.493 e. The van der Waals surface area contributed by atoms with Crippen LogP contribution in [0.5, 0.6) is 23.0 Å². The quantitative estimate of drug-likeness (QED) is 0.0656. The molecular formula is C37H51NO8. The van der Waals surface area contributed by atoms with Crippen LogP contribution in [-0.4, -0.2) is 59.5 Å². The van der Waals surface area contributed by atoms with Gasteiger partial charge in [0.2, 0.25) is 0 Å². The fraction of sp³-hybridized carbons (Fsp3) is 0.568. The predicted octanol–water partition coefficient (Wildman–Crippen LogP) is 8.00. The summed E-state index contributed by atoms with van der Waals surface area (Å²) in [4.78, 5) is 12.4. The van der Waals surface area contributed by atoms with E-state index in [0.29, 0.717) is 55.0 Å². The molecule has 0 saturated carbocycles. The molecule has 0 spiro atoms. The van der Waals surface area contributed by atoms with Gasteiger partial charge in [-0.2, -0.15) is 5.26 Å². The molecule has 252 valence electrons. The Bertz CT molecular complexity index is 1320. The number of ether oxygens (including phenoxy) is 7. The minimum absolute atomic E-state index is 0.240. The number of nitriles is 1. The van der Waals surface area contributed by atoms with Gasteiger partial charge in [0.1, 0.15) is 5.41 Å². The smallest absolute Gasteiger partial charge is 0.316 e. The van der Waals surface area contributed by atoms with E-state index in [-0.39, 0.29) is 5.97 Å². The number of nitrogens with zero attached hydrogens (tertiary/aromatic N) is 1. The molecule has 1 aliphatic rings. The van der Waals surface area contributed by atoms with Gasteiger partial charge in [0.15, 0.2) is 28.8 Å². The van der Waals surface area contributed by atoms with E-state index in [1.807, 2.05) is 51.1 Å². The molecule has 0 unspecified atom stereocenters. The summed E-state index contributed by atoms with van der Waals surface area (Å²) in [6, 6.07) is 13.4. The summed E-state index contributed by atoms with van der Waals surface area (Å²) in [5.41, 5.74) is 1.34. The molecule has 0 aromatic heterocycles. The maximum atomic E-state index is 12.4. The summed E-state index contributed by atoms with van der Waals surface area (Å²) in [7, 11) is 4.77. The molecule has 0 atom stereocenters. The zero-order chi connectivity index (χ0) is 33.4. The lowest BCUT2D eigenvalue weighted by atomic mass is 9.92. The lowest BCUT2D eigenvalue weighted by molar-refractivity contribution is -0.281. The number of rotatable bonds is 19. The van der Waals surface area contributed by atoms with Crippen molar-refractivity contribution in [2.75, 3.05) is 47.8 Å². The molecule has 0 N–H and O–H groups in total. The Morgan fingerprint density at radius 1 is 0.761 bits per heavy atom. The molecule has 0 radical (unpaired) electrons.